The van der Waals surface area contributed by atoms with Crippen molar-refractivity contribution in [1.82, 2.24) is 10.3 Å². The lowest BCUT2D eigenvalue weighted by molar-refractivity contribution is 0.334. The molecule has 1 aromatic heterocycles. The van der Waals surface area contributed by atoms with E-state index in [9.17, 15) is 0 Å². The number of pyridine rings is 1. The van der Waals surface area contributed by atoms with Crippen LogP contribution < -0.4 is 10.1 Å². The van der Waals surface area contributed by atoms with E-state index in [-0.39, 0.29) is 6.04 Å². The fourth-order valence-corrected chi connectivity index (χ4v) is 2.47. The molecule has 3 nitrogen and oxygen atoms in total. The number of nitrogens with one attached hydrogen (secondary N) is 1. The Hall–Kier alpha value is -1.87. The highest BCUT2D eigenvalue weighted by atomic mass is 16.5. The number of rotatable bonds is 5. The van der Waals surface area contributed by atoms with E-state index in [0.29, 0.717) is 6.61 Å². The number of aromatic nitrogens is 1. The van der Waals surface area contributed by atoms with Crippen LogP contribution in [-0.4, -0.2) is 18.6 Å². The molecular formula is C17H22N2O. The van der Waals surface area contributed by atoms with Crippen LogP contribution in [0.1, 0.15) is 35.3 Å². The van der Waals surface area contributed by atoms with E-state index in [1.165, 1.54) is 11.1 Å². The second-order valence-corrected chi connectivity index (χ2v) is 4.91. The molecular weight excluding hydrogens is 248 g/mol. The molecule has 3 heteroatoms. The molecule has 0 amide bonds. The van der Waals surface area contributed by atoms with Crippen LogP contribution in [0.15, 0.2) is 36.5 Å². The van der Waals surface area contributed by atoms with Crippen LogP contribution in [0.25, 0.3) is 0 Å². The first-order chi connectivity index (χ1) is 9.67. The molecule has 1 unspecified atom stereocenters. The lowest BCUT2D eigenvalue weighted by Gasteiger charge is -2.21. The highest BCUT2D eigenvalue weighted by molar-refractivity contribution is 5.42. The van der Waals surface area contributed by atoms with Crippen LogP contribution >= 0.6 is 0 Å². The first-order valence-electron chi connectivity index (χ1n) is 6.99. The lowest BCUT2D eigenvalue weighted by Crippen LogP contribution is -2.21. The Labute approximate surface area is 121 Å². The lowest BCUT2D eigenvalue weighted by atomic mass is 9.98. The standard InChI is InChI=1S/C17H22N2O/c1-5-20-15-9-7-6-8-14(15)17(18-4)16-13(3)10-12(2)11-19-16/h6-11,17-18H,5H2,1-4H3. The van der Waals surface area contributed by atoms with Gasteiger partial charge in [-0.1, -0.05) is 24.3 Å². The highest BCUT2D eigenvalue weighted by Gasteiger charge is 2.19. The minimum absolute atomic E-state index is 0.0401. The van der Waals surface area contributed by atoms with Gasteiger partial charge in [-0.05, 0) is 45.0 Å². The van der Waals surface area contributed by atoms with E-state index in [2.05, 4.69) is 36.3 Å². The summed E-state index contributed by atoms with van der Waals surface area (Å²) in [5.41, 5.74) is 4.54. The van der Waals surface area contributed by atoms with Gasteiger partial charge < -0.3 is 10.1 Å². The maximum absolute atomic E-state index is 5.74. The predicted octanol–water partition coefficient (Wildman–Crippen LogP) is 3.41. The Bertz CT molecular complexity index is 581. The second kappa shape index (κ2) is 6.53. The molecule has 1 aromatic carbocycles. The van der Waals surface area contributed by atoms with Gasteiger partial charge in [-0.3, -0.25) is 4.98 Å². The van der Waals surface area contributed by atoms with Gasteiger partial charge in [0.05, 0.1) is 18.3 Å². The summed E-state index contributed by atoms with van der Waals surface area (Å²) in [6.07, 6.45) is 1.91. The molecule has 106 valence electrons. The molecule has 2 rings (SSSR count). The van der Waals surface area contributed by atoms with Crippen molar-refractivity contribution in [1.29, 1.82) is 0 Å². The quantitative estimate of drug-likeness (QED) is 0.904. The summed E-state index contributed by atoms with van der Waals surface area (Å²) in [6.45, 7) is 6.82. The van der Waals surface area contributed by atoms with Gasteiger partial charge in [-0.2, -0.15) is 0 Å². The van der Waals surface area contributed by atoms with Crippen molar-refractivity contribution in [2.24, 2.45) is 0 Å². The highest BCUT2D eigenvalue weighted by Crippen LogP contribution is 2.30. The first kappa shape index (κ1) is 14.5. The SMILES string of the molecule is CCOc1ccccc1C(NC)c1ncc(C)cc1C. The molecule has 1 atom stereocenters. The molecule has 0 aliphatic heterocycles. The topological polar surface area (TPSA) is 34.1 Å². The third-order valence-corrected chi connectivity index (χ3v) is 3.35. The van der Waals surface area contributed by atoms with Crippen LogP contribution in [-0.2, 0) is 0 Å². The van der Waals surface area contributed by atoms with E-state index in [4.69, 9.17) is 4.74 Å². The smallest absolute Gasteiger partial charge is 0.124 e. The maximum atomic E-state index is 5.74. The summed E-state index contributed by atoms with van der Waals surface area (Å²) in [7, 11) is 1.95. The monoisotopic (exact) mass is 270 g/mol. The van der Waals surface area contributed by atoms with Crippen LogP contribution in [0.3, 0.4) is 0 Å². The molecule has 1 heterocycles. The van der Waals surface area contributed by atoms with E-state index in [1.807, 2.05) is 38.4 Å². The summed E-state index contributed by atoms with van der Waals surface area (Å²) >= 11 is 0. The minimum atomic E-state index is 0.0401. The largest absolute Gasteiger partial charge is 0.494 e. The fourth-order valence-electron chi connectivity index (χ4n) is 2.47. The van der Waals surface area contributed by atoms with Gasteiger partial charge in [0, 0.05) is 11.8 Å². The summed E-state index contributed by atoms with van der Waals surface area (Å²) in [6, 6.07) is 10.3. The van der Waals surface area contributed by atoms with Gasteiger partial charge in [0.25, 0.3) is 0 Å². The van der Waals surface area contributed by atoms with Gasteiger partial charge in [-0.25, -0.2) is 0 Å². The Morgan fingerprint density at radius 3 is 2.65 bits per heavy atom. The van der Waals surface area contributed by atoms with Crippen LogP contribution in [0.4, 0.5) is 0 Å². The van der Waals surface area contributed by atoms with Crippen molar-refractivity contribution in [3.8, 4) is 5.75 Å². The fraction of sp³-hybridized carbons (Fsp3) is 0.353. The molecule has 0 radical (unpaired) electrons. The van der Waals surface area contributed by atoms with E-state index < -0.39 is 0 Å². The summed E-state index contributed by atoms with van der Waals surface area (Å²) < 4.78 is 5.74. The van der Waals surface area contributed by atoms with Gasteiger partial charge in [-0.15, -0.1) is 0 Å². The van der Waals surface area contributed by atoms with Crippen molar-refractivity contribution in [3.05, 3.63) is 58.9 Å². The number of para-hydroxylation sites is 1. The second-order valence-electron chi connectivity index (χ2n) is 4.91. The van der Waals surface area contributed by atoms with E-state index in [1.54, 1.807) is 0 Å². The van der Waals surface area contributed by atoms with Crippen molar-refractivity contribution in [2.45, 2.75) is 26.8 Å². The minimum Gasteiger partial charge on any atom is -0.494 e. The maximum Gasteiger partial charge on any atom is 0.124 e. The van der Waals surface area contributed by atoms with Crippen LogP contribution in [0.5, 0.6) is 5.75 Å². The average molecular weight is 270 g/mol. The Balaban J connectivity index is 2.47. The van der Waals surface area contributed by atoms with Crippen molar-refractivity contribution >= 4 is 0 Å². The van der Waals surface area contributed by atoms with Gasteiger partial charge in [0.15, 0.2) is 0 Å². The summed E-state index contributed by atoms with van der Waals surface area (Å²) in [4.78, 5) is 4.61. The number of hydrogen-bond donors (Lipinski definition) is 1. The average Bonchev–Trinajstić information content (AvgIpc) is 2.44. The van der Waals surface area contributed by atoms with E-state index in [0.717, 1.165) is 17.0 Å². The van der Waals surface area contributed by atoms with Crippen molar-refractivity contribution < 1.29 is 4.74 Å². The third kappa shape index (κ3) is 2.99. The molecule has 0 saturated heterocycles. The normalized spacial score (nSPS) is 12.2. The number of hydrogen-bond acceptors (Lipinski definition) is 3. The Morgan fingerprint density at radius 2 is 2.00 bits per heavy atom. The van der Waals surface area contributed by atoms with E-state index >= 15 is 0 Å². The zero-order chi connectivity index (χ0) is 14.5. The molecule has 0 bridgehead atoms. The molecule has 20 heavy (non-hydrogen) atoms. The Morgan fingerprint density at radius 1 is 1.25 bits per heavy atom. The predicted molar refractivity (Wildman–Crippen MR) is 82.2 cm³/mol. The molecule has 2 aromatic rings. The molecule has 0 aliphatic carbocycles. The van der Waals surface area contributed by atoms with Crippen molar-refractivity contribution in [3.63, 3.8) is 0 Å². The van der Waals surface area contributed by atoms with Gasteiger partial charge in [0.2, 0.25) is 0 Å². The van der Waals surface area contributed by atoms with Gasteiger partial charge in [0.1, 0.15) is 5.75 Å². The number of nitrogens with zero attached hydrogens (tertiary/aromatic N) is 1. The number of ether oxygens (including phenoxy) is 1. The van der Waals surface area contributed by atoms with Crippen LogP contribution in [0, 0.1) is 13.8 Å². The number of aryl methyl sites for hydroxylation is 2. The summed E-state index contributed by atoms with van der Waals surface area (Å²) in [5, 5.41) is 3.35. The van der Waals surface area contributed by atoms with Crippen LogP contribution in [0.2, 0.25) is 0 Å². The summed E-state index contributed by atoms with van der Waals surface area (Å²) in [5.74, 6) is 0.913. The molecule has 0 spiro atoms. The van der Waals surface area contributed by atoms with Gasteiger partial charge >= 0.3 is 0 Å². The number of benzene rings is 1. The zero-order valence-electron chi connectivity index (χ0n) is 12.6. The first-order valence-corrected chi connectivity index (χ1v) is 6.99. The van der Waals surface area contributed by atoms with Crippen molar-refractivity contribution in [2.75, 3.05) is 13.7 Å². The molecule has 0 saturated carbocycles. The zero-order valence-corrected chi connectivity index (χ0v) is 12.6. The molecule has 0 aliphatic rings. The molecule has 0 fully saturated rings. The third-order valence-electron chi connectivity index (χ3n) is 3.35. The molecule has 1 N–H and O–H groups in total. The Kier molecular flexibility index (Phi) is 4.74.